The fourth-order valence-electron chi connectivity index (χ4n) is 1.71. The number of carbonyl (C=O) groups excluding carboxylic acids is 1. The Balaban J connectivity index is 1.94. The minimum Gasteiger partial charge on any atom is -0.364 e. The van der Waals surface area contributed by atoms with E-state index in [1.54, 1.807) is 5.06 Å². The van der Waals surface area contributed by atoms with Gasteiger partial charge in [-0.25, -0.2) is 9.18 Å². The monoisotopic (exact) mass is 223 g/mol. The van der Waals surface area contributed by atoms with Crippen molar-refractivity contribution in [1.29, 1.82) is 0 Å². The van der Waals surface area contributed by atoms with Crippen LogP contribution in [0.3, 0.4) is 0 Å². The lowest BCUT2D eigenvalue weighted by atomic mass is 10.2. The van der Waals surface area contributed by atoms with Crippen molar-refractivity contribution in [3.05, 3.63) is 35.6 Å². The van der Waals surface area contributed by atoms with Gasteiger partial charge in [0, 0.05) is 13.1 Å². The van der Waals surface area contributed by atoms with Crippen LogP contribution in [0.15, 0.2) is 24.3 Å². The molecule has 16 heavy (non-hydrogen) atoms. The van der Waals surface area contributed by atoms with E-state index in [1.807, 2.05) is 0 Å². The van der Waals surface area contributed by atoms with E-state index in [0.717, 1.165) is 25.9 Å². The van der Waals surface area contributed by atoms with E-state index < -0.39 is 5.97 Å². The molecule has 1 saturated heterocycles. The zero-order valence-electron chi connectivity index (χ0n) is 8.99. The van der Waals surface area contributed by atoms with Crippen molar-refractivity contribution >= 4 is 5.97 Å². The van der Waals surface area contributed by atoms with Gasteiger partial charge in [-0.1, -0.05) is 6.42 Å². The Bertz CT molecular complexity index is 358. The summed E-state index contributed by atoms with van der Waals surface area (Å²) in [5.41, 5.74) is 0.381. The van der Waals surface area contributed by atoms with Gasteiger partial charge >= 0.3 is 5.97 Å². The second-order valence-corrected chi connectivity index (χ2v) is 3.88. The molecule has 0 amide bonds. The molecule has 0 N–H and O–H groups in total. The van der Waals surface area contributed by atoms with Crippen LogP contribution in [0.4, 0.5) is 4.39 Å². The van der Waals surface area contributed by atoms with Crippen LogP contribution in [-0.4, -0.2) is 24.1 Å². The molecule has 1 fully saturated rings. The number of hydrogen-bond acceptors (Lipinski definition) is 3. The Hall–Kier alpha value is -1.42. The summed E-state index contributed by atoms with van der Waals surface area (Å²) in [5.74, 6) is -0.767. The Morgan fingerprint density at radius 2 is 1.75 bits per heavy atom. The van der Waals surface area contributed by atoms with Crippen molar-refractivity contribution < 1.29 is 14.0 Å². The van der Waals surface area contributed by atoms with E-state index >= 15 is 0 Å². The third-order valence-electron chi connectivity index (χ3n) is 2.61. The number of rotatable bonds is 2. The summed E-state index contributed by atoms with van der Waals surface area (Å²) >= 11 is 0. The van der Waals surface area contributed by atoms with Crippen molar-refractivity contribution in [2.24, 2.45) is 0 Å². The van der Waals surface area contributed by atoms with Crippen LogP contribution < -0.4 is 0 Å². The molecule has 0 unspecified atom stereocenters. The first-order valence-corrected chi connectivity index (χ1v) is 5.48. The first-order chi connectivity index (χ1) is 7.75. The molecule has 2 rings (SSSR count). The van der Waals surface area contributed by atoms with E-state index in [2.05, 4.69) is 0 Å². The molecule has 1 aliphatic rings. The molecule has 3 nitrogen and oxygen atoms in total. The number of nitrogens with zero attached hydrogens (tertiary/aromatic N) is 1. The average Bonchev–Trinajstić information content (AvgIpc) is 2.31. The molecule has 1 heterocycles. The summed E-state index contributed by atoms with van der Waals surface area (Å²) < 4.78 is 12.6. The maximum atomic E-state index is 12.6. The van der Waals surface area contributed by atoms with E-state index in [1.165, 1.54) is 30.7 Å². The Morgan fingerprint density at radius 1 is 1.12 bits per heavy atom. The highest BCUT2D eigenvalue weighted by molar-refractivity contribution is 5.89. The second-order valence-electron chi connectivity index (χ2n) is 3.88. The Labute approximate surface area is 93.8 Å². The molecule has 4 heteroatoms. The summed E-state index contributed by atoms with van der Waals surface area (Å²) in [6.45, 7) is 1.57. The third kappa shape index (κ3) is 2.79. The van der Waals surface area contributed by atoms with Crippen molar-refractivity contribution in [2.75, 3.05) is 13.1 Å². The van der Waals surface area contributed by atoms with Crippen molar-refractivity contribution in [3.63, 3.8) is 0 Å². The van der Waals surface area contributed by atoms with Gasteiger partial charge in [-0.15, -0.1) is 5.06 Å². The molecule has 1 aromatic carbocycles. The van der Waals surface area contributed by atoms with Gasteiger partial charge in [0.05, 0.1) is 5.56 Å². The van der Waals surface area contributed by atoms with Gasteiger partial charge in [-0.05, 0) is 37.1 Å². The van der Waals surface area contributed by atoms with Crippen molar-refractivity contribution in [1.82, 2.24) is 5.06 Å². The lowest BCUT2D eigenvalue weighted by Crippen LogP contribution is -2.32. The highest BCUT2D eigenvalue weighted by Crippen LogP contribution is 2.11. The highest BCUT2D eigenvalue weighted by atomic mass is 19.1. The lowest BCUT2D eigenvalue weighted by Gasteiger charge is -2.24. The second kappa shape index (κ2) is 5.07. The van der Waals surface area contributed by atoms with Gasteiger partial charge < -0.3 is 4.84 Å². The van der Waals surface area contributed by atoms with E-state index in [4.69, 9.17) is 4.84 Å². The third-order valence-corrected chi connectivity index (χ3v) is 2.61. The van der Waals surface area contributed by atoms with Crippen LogP contribution >= 0.6 is 0 Å². The number of hydrogen-bond donors (Lipinski definition) is 0. The zero-order chi connectivity index (χ0) is 11.4. The minimum atomic E-state index is -0.415. The topological polar surface area (TPSA) is 29.5 Å². The molecule has 0 bridgehead atoms. The van der Waals surface area contributed by atoms with E-state index in [9.17, 15) is 9.18 Å². The van der Waals surface area contributed by atoms with E-state index in [-0.39, 0.29) is 5.82 Å². The normalized spacial score (nSPS) is 17.1. The number of carbonyl (C=O) groups is 1. The first kappa shape index (κ1) is 11.1. The number of hydroxylamine groups is 2. The molecule has 0 radical (unpaired) electrons. The molecule has 0 aliphatic carbocycles. The number of halogens is 1. The number of piperidine rings is 1. The Kier molecular flexibility index (Phi) is 3.51. The molecule has 0 atom stereocenters. The zero-order valence-corrected chi connectivity index (χ0v) is 8.99. The quantitative estimate of drug-likeness (QED) is 0.771. The van der Waals surface area contributed by atoms with Gasteiger partial charge in [0.15, 0.2) is 0 Å². The van der Waals surface area contributed by atoms with Crippen LogP contribution in [0.25, 0.3) is 0 Å². The molecule has 0 spiro atoms. The highest BCUT2D eigenvalue weighted by Gasteiger charge is 2.16. The fraction of sp³-hybridized carbons (Fsp3) is 0.417. The van der Waals surface area contributed by atoms with Crippen LogP contribution in [0.5, 0.6) is 0 Å². The largest absolute Gasteiger partial charge is 0.364 e. The molecule has 0 aromatic heterocycles. The molecule has 86 valence electrons. The van der Waals surface area contributed by atoms with Crippen LogP contribution in [0.2, 0.25) is 0 Å². The lowest BCUT2D eigenvalue weighted by molar-refractivity contribution is -0.119. The van der Waals surface area contributed by atoms with Crippen molar-refractivity contribution in [3.8, 4) is 0 Å². The van der Waals surface area contributed by atoms with Gasteiger partial charge in [0.1, 0.15) is 5.82 Å². The van der Waals surface area contributed by atoms with Crippen molar-refractivity contribution in [2.45, 2.75) is 19.3 Å². The minimum absolute atomic E-state index is 0.352. The summed E-state index contributed by atoms with van der Waals surface area (Å²) in [5, 5.41) is 1.68. The van der Waals surface area contributed by atoms with Gasteiger partial charge in [0.25, 0.3) is 0 Å². The maximum absolute atomic E-state index is 12.6. The van der Waals surface area contributed by atoms with E-state index in [0.29, 0.717) is 5.56 Å². The number of benzene rings is 1. The van der Waals surface area contributed by atoms with Crippen LogP contribution in [-0.2, 0) is 4.84 Å². The first-order valence-electron chi connectivity index (χ1n) is 5.48. The summed E-state index contributed by atoms with van der Waals surface area (Å²) in [6.07, 6.45) is 3.29. The standard InChI is InChI=1S/C12H14FNO2/c13-11-6-4-10(5-7-11)12(15)16-14-8-2-1-3-9-14/h4-7H,1-3,8-9H2. The van der Waals surface area contributed by atoms with Crippen LogP contribution in [0.1, 0.15) is 29.6 Å². The molecule has 0 saturated carbocycles. The maximum Gasteiger partial charge on any atom is 0.357 e. The predicted molar refractivity (Wildman–Crippen MR) is 57.2 cm³/mol. The predicted octanol–water partition coefficient (Wildman–Crippen LogP) is 2.38. The molecule has 1 aromatic rings. The Morgan fingerprint density at radius 3 is 2.38 bits per heavy atom. The fourth-order valence-corrected chi connectivity index (χ4v) is 1.71. The van der Waals surface area contributed by atoms with Crippen LogP contribution in [0, 0.1) is 5.82 Å². The SMILES string of the molecule is O=C(ON1CCCCC1)c1ccc(F)cc1. The average molecular weight is 223 g/mol. The van der Waals surface area contributed by atoms with Gasteiger partial charge in [-0.2, -0.15) is 0 Å². The van der Waals surface area contributed by atoms with Gasteiger partial charge in [0.2, 0.25) is 0 Å². The summed E-state index contributed by atoms with van der Waals surface area (Å²) in [4.78, 5) is 16.8. The summed E-state index contributed by atoms with van der Waals surface area (Å²) in [7, 11) is 0. The smallest absolute Gasteiger partial charge is 0.357 e. The molecule has 1 aliphatic heterocycles. The molecular weight excluding hydrogens is 209 g/mol. The molecular formula is C12H14FNO2. The van der Waals surface area contributed by atoms with Gasteiger partial charge in [-0.3, -0.25) is 0 Å². The summed E-state index contributed by atoms with van der Waals surface area (Å²) in [6, 6.07) is 5.38.